The van der Waals surface area contributed by atoms with Gasteiger partial charge in [-0.1, -0.05) is 13.8 Å². The van der Waals surface area contributed by atoms with Crippen LogP contribution < -0.4 is 5.73 Å². The van der Waals surface area contributed by atoms with Crippen molar-refractivity contribution in [2.24, 2.45) is 17.6 Å². The molecule has 94 valence electrons. The predicted octanol–water partition coefficient (Wildman–Crippen LogP) is 2.01. The molecule has 0 bridgehead atoms. The molecule has 16 heavy (non-hydrogen) atoms. The summed E-state index contributed by atoms with van der Waals surface area (Å²) in [5.41, 5.74) is 5.54. The minimum Gasteiger partial charge on any atom is -0.338 e. The van der Waals surface area contributed by atoms with Gasteiger partial charge in [0.05, 0.1) is 5.54 Å². The van der Waals surface area contributed by atoms with Crippen LogP contribution in [-0.2, 0) is 4.79 Å². The molecule has 0 heterocycles. The standard InChI is InChI=1S/C13H26N2O/c1-9(2)8-15(10(3)4)12(16)13(5,14)11-6-7-11/h9-11H,6-8,14H2,1-5H3. The van der Waals surface area contributed by atoms with E-state index in [9.17, 15) is 4.79 Å². The highest BCUT2D eigenvalue weighted by molar-refractivity contribution is 5.86. The zero-order valence-corrected chi connectivity index (χ0v) is 11.3. The molecule has 1 amide bonds. The number of carbonyl (C=O) groups excluding carboxylic acids is 1. The molecule has 0 aliphatic heterocycles. The fraction of sp³-hybridized carbons (Fsp3) is 0.923. The second-order valence-electron chi connectivity index (χ2n) is 6.00. The highest BCUT2D eigenvalue weighted by Gasteiger charge is 2.46. The van der Waals surface area contributed by atoms with Gasteiger partial charge in [0.15, 0.2) is 0 Å². The van der Waals surface area contributed by atoms with Gasteiger partial charge in [-0.05, 0) is 45.4 Å². The summed E-state index contributed by atoms with van der Waals surface area (Å²) in [5, 5.41) is 0. The Bertz CT molecular complexity index is 255. The molecule has 1 aliphatic rings. The van der Waals surface area contributed by atoms with E-state index in [2.05, 4.69) is 27.7 Å². The van der Waals surface area contributed by atoms with Gasteiger partial charge < -0.3 is 10.6 Å². The van der Waals surface area contributed by atoms with Crippen molar-refractivity contribution >= 4 is 5.91 Å². The maximum absolute atomic E-state index is 12.4. The van der Waals surface area contributed by atoms with E-state index in [1.807, 2.05) is 11.8 Å². The molecule has 1 aliphatic carbocycles. The zero-order chi connectivity index (χ0) is 12.5. The quantitative estimate of drug-likeness (QED) is 0.779. The van der Waals surface area contributed by atoms with Crippen molar-refractivity contribution in [3.63, 3.8) is 0 Å². The summed E-state index contributed by atoms with van der Waals surface area (Å²) in [4.78, 5) is 14.4. The lowest BCUT2D eigenvalue weighted by atomic mass is 9.94. The average Bonchev–Trinajstić information content (AvgIpc) is 2.95. The summed E-state index contributed by atoms with van der Waals surface area (Å²) in [6.45, 7) is 11.1. The lowest BCUT2D eigenvalue weighted by Crippen LogP contribution is -2.57. The molecule has 1 fully saturated rings. The molecule has 1 rings (SSSR count). The third-order valence-corrected chi connectivity index (χ3v) is 3.33. The van der Waals surface area contributed by atoms with E-state index < -0.39 is 5.54 Å². The van der Waals surface area contributed by atoms with Crippen LogP contribution in [0, 0.1) is 11.8 Å². The first-order chi connectivity index (χ1) is 7.26. The molecule has 2 N–H and O–H groups in total. The number of carbonyl (C=O) groups is 1. The first-order valence-corrected chi connectivity index (χ1v) is 6.36. The fourth-order valence-electron chi connectivity index (χ4n) is 2.09. The Morgan fingerprint density at radius 2 is 1.88 bits per heavy atom. The van der Waals surface area contributed by atoms with Gasteiger partial charge >= 0.3 is 0 Å². The third kappa shape index (κ3) is 2.97. The molecule has 0 saturated heterocycles. The second-order valence-corrected chi connectivity index (χ2v) is 6.00. The Balaban J connectivity index is 2.73. The topological polar surface area (TPSA) is 46.3 Å². The Morgan fingerprint density at radius 1 is 1.38 bits per heavy atom. The Labute approximate surface area is 99.4 Å². The van der Waals surface area contributed by atoms with Gasteiger partial charge in [0.2, 0.25) is 5.91 Å². The highest BCUT2D eigenvalue weighted by Crippen LogP contribution is 2.39. The van der Waals surface area contributed by atoms with Gasteiger partial charge in [-0.25, -0.2) is 0 Å². The molecule has 3 heteroatoms. The van der Waals surface area contributed by atoms with Crippen LogP contribution in [0.1, 0.15) is 47.5 Å². The molecular weight excluding hydrogens is 200 g/mol. The van der Waals surface area contributed by atoms with Crippen LogP contribution in [0.15, 0.2) is 0 Å². The first kappa shape index (κ1) is 13.5. The second kappa shape index (κ2) is 4.74. The molecular formula is C13H26N2O. The zero-order valence-electron chi connectivity index (χ0n) is 11.3. The van der Waals surface area contributed by atoms with Crippen LogP contribution in [0.3, 0.4) is 0 Å². The van der Waals surface area contributed by atoms with E-state index in [-0.39, 0.29) is 11.9 Å². The van der Waals surface area contributed by atoms with Gasteiger partial charge in [0, 0.05) is 12.6 Å². The van der Waals surface area contributed by atoms with Crippen LogP contribution in [0.5, 0.6) is 0 Å². The van der Waals surface area contributed by atoms with Gasteiger partial charge in [-0.15, -0.1) is 0 Å². The molecule has 1 atom stereocenters. The van der Waals surface area contributed by atoms with Crippen molar-refractivity contribution in [3.8, 4) is 0 Å². The van der Waals surface area contributed by atoms with Crippen LogP contribution >= 0.6 is 0 Å². The normalized spacial score (nSPS) is 20.0. The number of nitrogens with two attached hydrogens (primary N) is 1. The molecule has 0 radical (unpaired) electrons. The van der Waals surface area contributed by atoms with Crippen molar-refractivity contribution < 1.29 is 4.79 Å². The maximum Gasteiger partial charge on any atom is 0.242 e. The minimum absolute atomic E-state index is 0.124. The molecule has 0 spiro atoms. The van der Waals surface area contributed by atoms with Crippen LogP contribution in [0.25, 0.3) is 0 Å². The van der Waals surface area contributed by atoms with Gasteiger partial charge in [-0.3, -0.25) is 4.79 Å². The molecule has 0 aromatic heterocycles. The summed E-state index contributed by atoms with van der Waals surface area (Å²) >= 11 is 0. The van der Waals surface area contributed by atoms with Crippen molar-refractivity contribution in [1.82, 2.24) is 4.90 Å². The van der Waals surface area contributed by atoms with Crippen molar-refractivity contribution in [2.45, 2.75) is 59.0 Å². The lowest BCUT2D eigenvalue weighted by molar-refractivity contribution is -0.139. The number of hydrogen-bond acceptors (Lipinski definition) is 2. The van der Waals surface area contributed by atoms with Crippen LogP contribution in [0.2, 0.25) is 0 Å². The number of amides is 1. The number of rotatable bonds is 5. The van der Waals surface area contributed by atoms with E-state index in [1.54, 1.807) is 0 Å². The number of nitrogens with zero attached hydrogens (tertiary/aromatic N) is 1. The summed E-state index contributed by atoms with van der Waals surface area (Å²) in [6, 6.07) is 0.233. The first-order valence-electron chi connectivity index (χ1n) is 6.36. The van der Waals surface area contributed by atoms with Crippen LogP contribution in [0.4, 0.5) is 0 Å². The molecule has 1 unspecified atom stereocenters. The Kier molecular flexibility index (Phi) is 4.00. The van der Waals surface area contributed by atoms with Gasteiger partial charge in [0.1, 0.15) is 0 Å². The van der Waals surface area contributed by atoms with Crippen LogP contribution in [-0.4, -0.2) is 28.9 Å². The molecule has 0 aromatic rings. The van der Waals surface area contributed by atoms with Crippen molar-refractivity contribution in [2.75, 3.05) is 6.54 Å². The summed E-state index contributed by atoms with van der Waals surface area (Å²) < 4.78 is 0. The molecule has 3 nitrogen and oxygen atoms in total. The average molecular weight is 226 g/mol. The van der Waals surface area contributed by atoms with E-state index in [1.165, 1.54) is 0 Å². The lowest BCUT2D eigenvalue weighted by Gasteiger charge is -2.35. The molecule has 0 aromatic carbocycles. The fourth-order valence-corrected chi connectivity index (χ4v) is 2.09. The van der Waals surface area contributed by atoms with E-state index in [4.69, 9.17) is 5.73 Å². The largest absolute Gasteiger partial charge is 0.338 e. The van der Waals surface area contributed by atoms with Gasteiger partial charge in [0.25, 0.3) is 0 Å². The summed E-state index contributed by atoms with van der Waals surface area (Å²) in [5.74, 6) is 1.01. The van der Waals surface area contributed by atoms with E-state index in [0.717, 1.165) is 19.4 Å². The Hall–Kier alpha value is -0.570. The molecule has 1 saturated carbocycles. The maximum atomic E-state index is 12.4. The van der Waals surface area contributed by atoms with Crippen molar-refractivity contribution in [3.05, 3.63) is 0 Å². The SMILES string of the molecule is CC(C)CN(C(=O)C(C)(N)C1CC1)C(C)C. The summed E-state index contributed by atoms with van der Waals surface area (Å²) in [6.07, 6.45) is 2.21. The third-order valence-electron chi connectivity index (χ3n) is 3.33. The van der Waals surface area contributed by atoms with Gasteiger partial charge in [-0.2, -0.15) is 0 Å². The predicted molar refractivity (Wildman–Crippen MR) is 67.0 cm³/mol. The Morgan fingerprint density at radius 3 is 2.19 bits per heavy atom. The smallest absolute Gasteiger partial charge is 0.242 e. The monoisotopic (exact) mass is 226 g/mol. The minimum atomic E-state index is -0.654. The van der Waals surface area contributed by atoms with Crippen molar-refractivity contribution in [1.29, 1.82) is 0 Å². The van der Waals surface area contributed by atoms with E-state index in [0.29, 0.717) is 11.8 Å². The highest BCUT2D eigenvalue weighted by atomic mass is 16.2. The summed E-state index contributed by atoms with van der Waals surface area (Å²) in [7, 11) is 0. The number of hydrogen-bond donors (Lipinski definition) is 1. The van der Waals surface area contributed by atoms with E-state index >= 15 is 0 Å².